The van der Waals surface area contributed by atoms with Gasteiger partial charge in [-0.1, -0.05) is 23.2 Å². The molecule has 8 heteroatoms. The van der Waals surface area contributed by atoms with Crippen molar-refractivity contribution < 1.29 is 9.53 Å². The molecule has 0 bridgehead atoms. The second-order valence-corrected chi connectivity index (χ2v) is 5.48. The number of hydrogen-bond acceptors (Lipinski definition) is 4. The summed E-state index contributed by atoms with van der Waals surface area (Å²) in [5.41, 5.74) is 6.09. The standard InChI is InChI=1S/C13H17Cl2N3O2.ClH/c14-9-1-2-11(15)12(5-9)17-13(19)8-18-3-4-20-10(6-16)7-18;/h1-2,5,10H,3-4,6-8,16H2,(H,17,19);1H. The van der Waals surface area contributed by atoms with Crippen LogP contribution in [0.5, 0.6) is 0 Å². The largest absolute Gasteiger partial charge is 0.374 e. The molecule has 1 unspecified atom stereocenters. The third kappa shape index (κ3) is 5.62. The first-order valence-electron chi connectivity index (χ1n) is 6.37. The normalized spacial score (nSPS) is 18.9. The summed E-state index contributed by atoms with van der Waals surface area (Å²) >= 11 is 11.9. The van der Waals surface area contributed by atoms with E-state index < -0.39 is 0 Å². The number of amides is 1. The molecule has 21 heavy (non-hydrogen) atoms. The zero-order chi connectivity index (χ0) is 14.5. The smallest absolute Gasteiger partial charge is 0.238 e. The molecule has 118 valence electrons. The van der Waals surface area contributed by atoms with Crippen LogP contribution >= 0.6 is 35.6 Å². The highest BCUT2D eigenvalue weighted by atomic mass is 35.5. The average molecular weight is 355 g/mol. The second kappa shape index (κ2) is 8.78. The predicted molar refractivity (Wildman–Crippen MR) is 87.6 cm³/mol. The van der Waals surface area contributed by atoms with E-state index in [9.17, 15) is 4.79 Å². The molecular weight excluding hydrogens is 337 g/mol. The summed E-state index contributed by atoms with van der Waals surface area (Å²) in [5, 5.41) is 3.75. The van der Waals surface area contributed by atoms with Crippen LogP contribution in [-0.2, 0) is 9.53 Å². The van der Waals surface area contributed by atoms with Gasteiger partial charge in [-0.15, -0.1) is 12.4 Å². The molecule has 5 nitrogen and oxygen atoms in total. The van der Waals surface area contributed by atoms with Crippen molar-refractivity contribution in [2.45, 2.75) is 6.10 Å². The zero-order valence-corrected chi connectivity index (χ0v) is 13.7. The van der Waals surface area contributed by atoms with E-state index in [1.807, 2.05) is 4.90 Å². The molecule has 1 heterocycles. The molecule has 0 radical (unpaired) electrons. The number of nitrogens with one attached hydrogen (secondary N) is 1. The number of carbonyl (C=O) groups is 1. The Kier molecular flexibility index (Phi) is 7.73. The molecule has 1 fully saturated rings. The fraction of sp³-hybridized carbons (Fsp3) is 0.462. The van der Waals surface area contributed by atoms with Crippen LogP contribution in [0.25, 0.3) is 0 Å². The number of anilines is 1. The fourth-order valence-electron chi connectivity index (χ4n) is 2.05. The van der Waals surface area contributed by atoms with Gasteiger partial charge in [-0.3, -0.25) is 9.69 Å². The quantitative estimate of drug-likeness (QED) is 0.868. The summed E-state index contributed by atoms with van der Waals surface area (Å²) in [6.07, 6.45) is -0.00805. The van der Waals surface area contributed by atoms with Gasteiger partial charge in [0.05, 0.1) is 30.0 Å². The van der Waals surface area contributed by atoms with E-state index in [2.05, 4.69) is 5.32 Å². The number of carbonyl (C=O) groups excluding carboxylic acids is 1. The fourth-order valence-corrected chi connectivity index (χ4v) is 2.39. The van der Waals surface area contributed by atoms with Gasteiger partial charge in [-0.05, 0) is 18.2 Å². The van der Waals surface area contributed by atoms with Crippen molar-refractivity contribution in [1.29, 1.82) is 0 Å². The first kappa shape index (κ1) is 18.5. The number of rotatable bonds is 4. The van der Waals surface area contributed by atoms with E-state index in [0.717, 1.165) is 0 Å². The average Bonchev–Trinajstić information content (AvgIpc) is 2.43. The number of halogens is 3. The van der Waals surface area contributed by atoms with Crippen molar-refractivity contribution in [3.05, 3.63) is 28.2 Å². The van der Waals surface area contributed by atoms with Gasteiger partial charge in [-0.25, -0.2) is 0 Å². The zero-order valence-electron chi connectivity index (χ0n) is 11.4. The molecule has 1 aromatic carbocycles. The first-order valence-corrected chi connectivity index (χ1v) is 7.13. The van der Waals surface area contributed by atoms with E-state index in [1.54, 1.807) is 18.2 Å². The molecule has 0 aliphatic carbocycles. The van der Waals surface area contributed by atoms with Crippen molar-refractivity contribution in [2.75, 3.05) is 38.1 Å². The molecule has 3 N–H and O–H groups in total. The minimum atomic E-state index is -0.133. The minimum Gasteiger partial charge on any atom is -0.374 e. The lowest BCUT2D eigenvalue weighted by Gasteiger charge is -2.31. The van der Waals surface area contributed by atoms with E-state index in [4.69, 9.17) is 33.7 Å². The number of nitrogens with two attached hydrogens (primary N) is 1. The Morgan fingerprint density at radius 3 is 2.95 bits per heavy atom. The number of benzene rings is 1. The van der Waals surface area contributed by atoms with Crippen LogP contribution in [0.2, 0.25) is 10.0 Å². The van der Waals surface area contributed by atoms with Gasteiger partial charge >= 0.3 is 0 Å². The summed E-state index contributed by atoms with van der Waals surface area (Å²) in [5.74, 6) is -0.133. The van der Waals surface area contributed by atoms with Gasteiger partial charge in [0.25, 0.3) is 0 Å². The Morgan fingerprint density at radius 1 is 1.48 bits per heavy atom. The molecule has 1 amide bonds. The lowest BCUT2D eigenvalue weighted by molar-refractivity contribution is -0.119. The van der Waals surface area contributed by atoms with E-state index in [-0.39, 0.29) is 31.0 Å². The molecule has 0 aromatic heterocycles. The highest BCUT2D eigenvalue weighted by Gasteiger charge is 2.21. The minimum absolute atomic E-state index is 0. The molecule has 1 atom stereocenters. The van der Waals surface area contributed by atoms with Gasteiger partial charge < -0.3 is 15.8 Å². The number of morpholine rings is 1. The van der Waals surface area contributed by atoms with Crippen molar-refractivity contribution in [2.24, 2.45) is 5.73 Å². The van der Waals surface area contributed by atoms with Crippen molar-refractivity contribution in [1.82, 2.24) is 4.90 Å². The summed E-state index contributed by atoms with van der Waals surface area (Å²) in [7, 11) is 0. The Hall–Kier alpha value is -0.560. The Balaban J connectivity index is 0.00000220. The molecule has 2 rings (SSSR count). The molecule has 1 aliphatic heterocycles. The SMILES string of the molecule is Cl.NCC1CN(CC(=O)Nc2cc(Cl)ccc2Cl)CCO1. The van der Waals surface area contributed by atoms with Gasteiger partial charge in [0.15, 0.2) is 0 Å². The van der Waals surface area contributed by atoms with E-state index >= 15 is 0 Å². The lowest BCUT2D eigenvalue weighted by Crippen LogP contribution is -2.48. The molecule has 1 saturated heterocycles. The monoisotopic (exact) mass is 353 g/mol. The van der Waals surface area contributed by atoms with Gasteiger partial charge in [0, 0.05) is 24.7 Å². The van der Waals surface area contributed by atoms with Crippen LogP contribution in [0, 0.1) is 0 Å². The van der Waals surface area contributed by atoms with Crippen molar-refractivity contribution >= 4 is 47.2 Å². The van der Waals surface area contributed by atoms with Crippen LogP contribution in [0.15, 0.2) is 18.2 Å². The third-order valence-corrected chi connectivity index (χ3v) is 3.62. The Labute approximate surface area is 140 Å². The number of hydrogen-bond donors (Lipinski definition) is 2. The van der Waals surface area contributed by atoms with Crippen LogP contribution in [0.3, 0.4) is 0 Å². The van der Waals surface area contributed by atoms with Crippen LogP contribution < -0.4 is 11.1 Å². The number of nitrogens with zero attached hydrogens (tertiary/aromatic N) is 1. The van der Waals surface area contributed by atoms with Gasteiger partial charge in [0.2, 0.25) is 5.91 Å². The lowest BCUT2D eigenvalue weighted by atomic mass is 10.2. The third-order valence-electron chi connectivity index (χ3n) is 3.06. The topological polar surface area (TPSA) is 67.6 Å². The van der Waals surface area contributed by atoms with Gasteiger partial charge in [-0.2, -0.15) is 0 Å². The van der Waals surface area contributed by atoms with Crippen LogP contribution in [-0.4, -0.2) is 49.7 Å². The maximum atomic E-state index is 12.0. The van der Waals surface area contributed by atoms with Crippen molar-refractivity contribution in [3.63, 3.8) is 0 Å². The maximum Gasteiger partial charge on any atom is 0.238 e. The van der Waals surface area contributed by atoms with Crippen molar-refractivity contribution in [3.8, 4) is 0 Å². The molecule has 0 spiro atoms. The highest BCUT2D eigenvalue weighted by Crippen LogP contribution is 2.25. The highest BCUT2D eigenvalue weighted by molar-refractivity contribution is 6.35. The predicted octanol–water partition coefficient (Wildman–Crippen LogP) is 2.01. The molecular formula is C13H18Cl3N3O2. The Bertz CT molecular complexity index is 488. The maximum absolute atomic E-state index is 12.0. The first-order chi connectivity index (χ1) is 9.58. The van der Waals surface area contributed by atoms with Crippen LogP contribution in [0.4, 0.5) is 5.69 Å². The molecule has 1 aromatic rings. The number of ether oxygens (including phenoxy) is 1. The summed E-state index contributed by atoms with van der Waals surface area (Å²) in [6.45, 7) is 2.70. The molecule has 0 saturated carbocycles. The Morgan fingerprint density at radius 2 is 2.24 bits per heavy atom. The summed E-state index contributed by atoms with van der Waals surface area (Å²) in [6, 6.07) is 4.95. The van der Waals surface area contributed by atoms with E-state index in [1.165, 1.54) is 0 Å². The second-order valence-electron chi connectivity index (χ2n) is 4.64. The van der Waals surface area contributed by atoms with Gasteiger partial charge in [0.1, 0.15) is 0 Å². The molecule has 1 aliphatic rings. The van der Waals surface area contributed by atoms with E-state index in [0.29, 0.717) is 42.0 Å². The summed E-state index contributed by atoms with van der Waals surface area (Å²) < 4.78 is 5.46. The van der Waals surface area contributed by atoms with Crippen LogP contribution in [0.1, 0.15) is 0 Å². The summed E-state index contributed by atoms with van der Waals surface area (Å²) in [4.78, 5) is 14.0.